The van der Waals surface area contributed by atoms with Crippen molar-refractivity contribution in [1.29, 1.82) is 0 Å². The Bertz CT molecular complexity index is 1040. The predicted octanol–water partition coefficient (Wildman–Crippen LogP) is 4.24. The maximum absolute atomic E-state index is 13.4. The minimum absolute atomic E-state index is 0.0180. The van der Waals surface area contributed by atoms with Crippen molar-refractivity contribution in [3.8, 4) is 11.8 Å². The van der Waals surface area contributed by atoms with Crippen LogP contribution in [0.2, 0.25) is 10.3 Å². The summed E-state index contributed by atoms with van der Waals surface area (Å²) in [4.78, 5) is 8.48. The molecule has 0 atom stereocenters. The fourth-order valence-electron chi connectivity index (χ4n) is 2.33. The van der Waals surface area contributed by atoms with Gasteiger partial charge in [0.25, 0.3) is 0 Å². The molecular formula is C19H16Cl2FN5. The van der Waals surface area contributed by atoms with Gasteiger partial charge in [-0.3, -0.25) is 0 Å². The lowest BCUT2D eigenvalue weighted by molar-refractivity contribution is 0.309. The van der Waals surface area contributed by atoms with Crippen molar-refractivity contribution in [2.45, 2.75) is 0 Å². The zero-order chi connectivity index (χ0) is 19.4. The number of halogens is 3. The molecule has 0 unspecified atom stereocenters. The van der Waals surface area contributed by atoms with E-state index in [1.165, 1.54) is 12.1 Å². The second kappa shape index (κ2) is 8.51. The van der Waals surface area contributed by atoms with Crippen LogP contribution in [0.3, 0.4) is 0 Å². The minimum Gasteiger partial charge on any atom is -0.340 e. The van der Waals surface area contributed by atoms with Crippen LogP contribution in [0.1, 0.15) is 5.56 Å². The maximum Gasteiger partial charge on any atom is 0.224 e. The first-order valence-electron chi connectivity index (χ1n) is 8.01. The van der Waals surface area contributed by atoms with E-state index < -0.39 is 5.82 Å². The third kappa shape index (κ3) is 5.06. The molecule has 1 heterocycles. The summed E-state index contributed by atoms with van der Waals surface area (Å²) < 4.78 is 13.4. The fourth-order valence-corrected chi connectivity index (χ4v) is 2.68. The summed E-state index contributed by atoms with van der Waals surface area (Å²) in [6, 6.07) is 9.91. The number of nitrogens with one attached hydrogen (secondary N) is 2. The summed E-state index contributed by atoms with van der Waals surface area (Å²) in [7, 11) is 3.80. The third-order valence-corrected chi connectivity index (χ3v) is 4.03. The average molecular weight is 404 g/mol. The highest BCUT2D eigenvalue weighted by Gasteiger charge is 2.09. The highest BCUT2D eigenvalue weighted by atomic mass is 35.5. The number of hydrogen-bond donors (Lipinski definition) is 2. The number of fused-ring (bicyclic) bond motifs is 1. The van der Waals surface area contributed by atoms with Crippen LogP contribution in [-0.2, 0) is 0 Å². The second-order valence-electron chi connectivity index (χ2n) is 5.86. The van der Waals surface area contributed by atoms with E-state index in [1.54, 1.807) is 6.07 Å². The Morgan fingerprint density at radius 3 is 2.67 bits per heavy atom. The Hall–Kier alpha value is -2.43. The quantitative estimate of drug-likeness (QED) is 0.387. The van der Waals surface area contributed by atoms with Crippen LogP contribution in [0.5, 0.6) is 0 Å². The summed E-state index contributed by atoms with van der Waals surface area (Å²) in [6.45, 7) is 0.529. The van der Waals surface area contributed by atoms with Gasteiger partial charge in [0, 0.05) is 30.7 Å². The molecule has 0 saturated heterocycles. The molecule has 2 N–H and O–H groups in total. The van der Waals surface area contributed by atoms with Gasteiger partial charge in [-0.05, 0) is 48.0 Å². The third-order valence-electron chi connectivity index (χ3n) is 3.57. The van der Waals surface area contributed by atoms with E-state index in [1.807, 2.05) is 37.3 Å². The van der Waals surface area contributed by atoms with Crippen molar-refractivity contribution in [2.75, 3.05) is 26.0 Å². The van der Waals surface area contributed by atoms with E-state index in [2.05, 4.69) is 32.6 Å². The van der Waals surface area contributed by atoms with Gasteiger partial charge in [0.2, 0.25) is 5.28 Å². The fraction of sp³-hybridized carbons (Fsp3) is 0.158. The molecule has 0 fully saturated rings. The van der Waals surface area contributed by atoms with Crippen LogP contribution in [0.4, 0.5) is 15.9 Å². The molecule has 5 nitrogen and oxygen atoms in total. The Labute approximate surface area is 166 Å². The zero-order valence-corrected chi connectivity index (χ0v) is 16.2. The zero-order valence-electron chi connectivity index (χ0n) is 14.6. The van der Waals surface area contributed by atoms with E-state index in [0.717, 1.165) is 10.9 Å². The second-order valence-corrected chi connectivity index (χ2v) is 6.60. The molecule has 0 spiro atoms. The van der Waals surface area contributed by atoms with Gasteiger partial charge >= 0.3 is 0 Å². The molecule has 0 saturated carbocycles. The molecule has 27 heavy (non-hydrogen) atoms. The van der Waals surface area contributed by atoms with Crippen LogP contribution in [0.15, 0.2) is 36.4 Å². The molecular weight excluding hydrogens is 388 g/mol. The van der Waals surface area contributed by atoms with Crippen molar-refractivity contribution in [3.05, 3.63) is 58.1 Å². The molecule has 0 amide bonds. The molecule has 0 aliphatic heterocycles. The van der Waals surface area contributed by atoms with Crippen molar-refractivity contribution in [2.24, 2.45) is 0 Å². The lowest BCUT2D eigenvalue weighted by Gasteiger charge is -2.10. The van der Waals surface area contributed by atoms with E-state index in [9.17, 15) is 4.39 Å². The minimum atomic E-state index is -0.489. The molecule has 0 bridgehead atoms. The summed E-state index contributed by atoms with van der Waals surface area (Å²) >= 11 is 11.9. The van der Waals surface area contributed by atoms with Crippen LogP contribution in [0.25, 0.3) is 10.9 Å². The molecule has 0 aliphatic rings. The standard InChI is InChI=1S/C19H16Cl2FN5/c1-27(2)23-9-3-4-12-5-8-17-14(10-12)18(26-19(21)25-17)24-13-6-7-16(22)15(20)11-13/h5-8,10-11,23H,9H2,1-2H3,(H,24,25,26). The Kier molecular flexibility index (Phi) is 6.09. The highest BCUT2D eigenvalue weighted by molar-refractivity contribution is 6.31. The summed E-state index contributed by atoms with van der Waals surface area (Å²) in [5.41, 5.74) is 5.15. The Balaban J connectivity index is 1.95. The number of anilines is 2. The van der Waals surface area contributed by atoms with Gasteiger partial charge in [-0.2, -0.15) is 4.98 Å². The lowest BCUT2D eigenvalue weighted by atomic mass is 10.1. The molecule has 2 aromatic carbocycles. The number of aromatic nitrogens is 2. The van der Waals surface area contributed by atoms with E-state index >= 15 is 0 Å². The van der Waals surface area contributed by atoms with Crippen LogP contribution in [0, 0.1) is 17.7 Å². The van der Waals surface area contributed by atoms with Gasteiger partial charge in [0.05, 0.1) is 17.1 Å². The molecule has 3 rings (SSSR count). The van der Waals surface area contributed by atoms with Gasteiger partial charge in [0.15, 0.2) is 0 Å². The molecule has 0 radical (unpaired) electrons. The van der Waals surface area contributed by atoms with Crippen molar-refractivity contribution < 1.29 is 4.39 Å². The van der Waals surface area contributed by atoms with Gasteiger partial charge in [-0.25, -0.2) is 19.8 Å². The number of nitrogens with zero attached hydrogens (tertiary/aromatic N) is 3. The summed E-state index contributed by atoms with van der Waals surface area (Å²) in [6.07, 6.45) is 0. The van der Waals surface area contributed by atoms with Crippen LogP contribution >= 0.6 is 23.2 Å². The largest absolute Gasteiger partial charge is 0.340 e. The summed E-state index contributed by atoms with van der Waals surface area (Å²) in [5.74, 6) is 6.13. The molecule has 138 valence electrons. The molecule has 0 aliphatic carbocycles. The molecule has 8 heteroatoms. The first kappa shape index (κ1) is 19.3. The van der Waals surface area contributed by atoms with E-state index in [-0.39, 0.29) is 10.3 Å². The van der Waals surface area contributed by atoms with E-state index in [0.29, 0.717) is 23.6 Å². The number of benzene rings is 2. The van der Waals surface area contributed by atoms with E-state index in [4.69, 9.17) is 23.2 Å². The monoisotopic (exact) mass is 403 g/mol. The first-order valence-corrected chi connectivity index (χ1v) is 8.77. The SMILES string of the molecule is CN(C)NCC#Cc1ccc2nc(Cl)nc(Nc3ccc(F)c(Cl)c3)c2c1. The average Bonchev–Trinajstić information content (AvgIpc) is 2.62. The predicted molar refractivity (Wildman–Crippen MR) is 108 cm³/mol. The number of hydrazine groups is 1. The van der Waals surface area contributed by atoms with Gasteiger partial charge < -0.3 is 5.32 Å². The normalized spacial score (nSPS) is 10.7. The highest BCUT2D eigenvalue weighted by Crippen LogP contribution is 2.28. The van der Waals surface area contributed by atoms with Crippen LogP contribution in [-0.4, -0.2) is 35.6 Å². The lowest BCUT2D eigenvalue weighted by Crippen LogP contribution is -2.30. The van der Waals surface area contributed by atoms with Gasteiger partial charge in [-0.15, -0.1) is 0 Å². The topological polar surface area (TPSA) is 53.1 Å². The summed E-state index contributed by atoms with van der Waals surface area (Å²) in [5, 5.41) is 5.81. The number of hydrogen-bond acceptors (Lipinski definition) is 5. The number of rotatable bonds is 4. The van der Waals surface area contributed by atoms with Gasteiger partial charge in [0.1, 0.15) is 11.6 Å². The first-order chi connectivity index (χ1) is 12.9. The van der Waals surface area contributed by atoms with Gasteiger partial charge in [-0.1, -0.05) is 23.4 Å². The van der Waals surface area contributed by atoms with Crippen molar-refractivity contribution >= 4 is 45.6 Å². The maximum atomic E-state index is 13.4. The molecule has 3 aromatic rings. The van der Waals surface area contributed by atoms with Crippen molar-refractivity contribution in [3.63, 3.8) is 0 Å². The Morgan fingerprint density at radius 1 is 1.11 bits per heavy atom. The smallest absolute Gasteiger partial charge is 0.224 e. The Morgan fingerprint density at radius 2 is 1.93 bits per heavy atom. The molecule has 1 aromatic heterocycles. The van der Waals surface area contributed by atoms with Crippen LogP contribution < -0.4 is 10.7 Å². The van der Waals surface area contributed by atoms with Crippen molar-refractivity contribution in [1.82, 2.24) is 20.4 Å².